The van der Waals surface area contributed by atoms with Crippen molar-refractivity contribution in [1.29, 1.82) is 0 Å². The zero-order valence-electron chi connectivity index (χ0n) is 18.6. The smallest absolute Gasteiger partial charge is 0.259 e. The van der Waals surface area contributed by atoms with Crippen LogP contribution in [-0.4, -0.2) is 43.9 Å². The van der Waals surface area contributed by atoms with Crippen molar-refractivity contribution in [3.05, 3.63) is 90.0 Å². The Morgan fingerprint density at radius 2 is 1.53 bits per heavy atom. The minimum atomic E-state index is -0.139. The number of rotatable bonds is 9. The number of ether oxygens (including phenoxy) is 2. The van der Waals surface area contributed by atoms with E-state index in [1.165, 1.54) is 4.90 Å². The highest BCUT2D eigenvalue weighted by molar-refractivity contribution is 6.07. The average molecular weight is 430 g/mol. The summed E-state index contributed by atoms with van der Waals surface area (Å²) in [5.41, 5.74) is 3.60. The van der Waals surface area contributed by atoms with E-state index in [-0.39, 0.29) is 18.3 Å². The Bertz CT molecular complexity index is 1090. The van der Waals surface area contributed by atoms with Crippen molar-refractivity contribution in [2.45, 2.75) is 6.92 Å². The van der Waals surface area contributed by atoms with E-state index in [9.17, 15) is 9.59 Å². The number of allylic oxidation sites excluding steroid dienone is 1. The van der Waals surface area contributed by atoms with Crippen LogP contribution in [0.15, 0.2) is 78.9 Å². The second-order valence-corrected chi connectivity index (χ2v) is 7.36. The number of likely N-dealkylation sites (N-methyl/N-ethyl adjacent to an activating group) is 1. The average Bonchev–Trinajstić information content (AvgIpc) is 2.82. The molecule has 0 aromatic heterocycles. The molecule has 1 amide bonds. The largest absolute Gasteiger partial charge is 0.490 e. The summed E-state index contributed by atoms with van der Waals surface area (Å²) in [6.45, 7) is 2.26. The van der Waals surface area contributed by atoms with Gasteiger partial charge in [-0.2, -0.15) is 0 Å². The van der Waals surface area contributed by atoms with Crippen LogP contribution in [0.4, 0.5) is 0 Å². The summed E-state index contributed by atoms with van der Waals surface area (Å²) in [5, 5.41) is 0. The minimum absolute atomic E-state index is 0.0697. The third-order valence-electron chi connectivity index (χ3n) is 4.82. The number of amides is 1. The molecule has 3 rings (SSSR count). The van der Waals surface area contributed by atoms with Gasteiger partial charge in [0.2, 0.25) is 0 Å². The van der Waals surface area contributed by atoms with E-state index in [1.807, 2.05) is 67.6 Å². The van der Waals surface area contributed by atoms with Gasteiger partial charge < -0.3 is 14.4 Å². The molecule has 0 N–H and O–H groups in total. The molecular weight excluding hydrogens is 402 g/mol. The molecule has 0 unspecified atom stereocenters. The van der Waals surface area contributed by atoms with E-state index in [0.29, 0.717) is 23.7 Å². The van der Waals surface area contributed by atoms with Crippen molar-refractivity contribution in [3.8, 4) is 22.6 Å². The molecule has 0 atom stereocenters. The predicted molar refractivity (Wildman–Crippen MR) is 127 cm³/mol. The highest BCUT2D eigenvalue weighted by Gasteiger charge is 2.10. The molecule has 0 saturated heterocycles. The van der Waals surface area contributed by atoms with Crippen LogP contribution in [0.25, 0.3) is 17.2 Å². The van der Waals surface area contributed by atoms with Gasteiger partial charge in [-0.3, -0.25) is 9.59 Å². The molecule has 0 bridgehead atoms. The fourth-order valence-corrected chi connectivity index (χ4v) is 3.01. The van der Waals surface area contributed by atoms with E-state index in [0.717, 1.165) is 16.7 Å². The third kappa shape index (κ3) is 6.08. The molecule has 0 aliphatic carbocycles. The van der Waals surface area contributed by atoms with E-state index in [4.69, 9.17) is 9.47 Å². The maximum Gasteiger partial charge on any atom is 0.259 e. The fourth-order valence-electron chi connectivity index (χ4n) is 3.01. The molecule has 3 aromatic rings. The lowest BCUT2D eigenvalue weighted by Crippen LogP contribution is -2.27. The molecule has 3 aromatic carbocycles. The van der Waals surface area contributed by atoms with Crippen LogP contribution in [0.1, 0.15) is 22.8 Å². The number of hydrogen-bond acceptors (Lipinski definition) is 4. The number of ketones is 1. The van der Waals surface area contributed by atoms with Crippen LogP contribution >= 0.6 is 0 Å². The topological polar surface area (TPSA) is 55.8 Å². The van der Waals surface area contributed by atoms with Crippen molar-refractivity contribution in [3.63, 3.8) is 0 Å². The van der Waals surface area contributed by atoms with E-state index >= 15 is 0 Å². The number of carbonyl (C=O) groups is 2. The molecular formula is C27H27NO4. The third-order valence-corrected chi connectivity index (χ3v) is 4.82. The lowest BCUT2D eigenvalue weighted by Gasteiger charge is -2.14. The monoisotopic (exact) mass is 429 g/mol. The number of nitrogens with zero attached hydrogens (tertiary/aromatic N) is 1. The van der Waals surface area contributed by atoms with E-state index in [1.54, 1.807) is 38.4 Å². The molecule has 164 valence electrons. The molecule has 0 fully saturated rings. The van der Waals surface area contributed by atoms with Crippen molar-refractivity contribution in [2.75, 3.05) is 27.3 Å². The van der Waals surface area contributed by atoms with Crippen LogP contribution in [0.2, 0.25) is 0 Å². The Balaban J connectivity index is 1.70. The maximum atomic E-state index is 12.6. The van der Waals surface area contributed by atoms with Gasteiger partial charge in [-0.15, -0.1) is 0 Å². The van der Waals surface area contributed by atoms with Gasteiger partial charge in [-0.1, -0.05) is 66.7 Å². The summed E-state index contributed by atoms with van der Waals surface area (Å²) in [4.78, 5) is 25.8. The van der Waals surface area contributed by atoms with Gasteiger partial charge in [0.15, 0.2) is 23.9 Å². The Hall–Kier alpha value is -3.86. The Kier molecular flexibility index (Phi) is 7.81. The molecule has 5 nitrogen and oxygen atoms in total. The van der Waals surface area contributed by atoms with Crippen molar-refractivity contribution in [2.24, 2.45) is 0 Å². The lowest BCUT2D eigenvalue weighted by molar-refractivity contribution is -0.130. The van der Waals surface area contributed by atoms with Crippen LogP contribution in [0, 0.1) is 0 Å². The fraction of sp³-hybridized carbons (Fsp3) is 0.185. The minimum Gasteiger partial charge on any atom is -0.490 e. The van der Waals surface area contributed by atoms with Gasteiger partial charge in [-0.25, -0.2) is 0 Å². The molecule has 0 saturated carbocycles. The number of carbonyl (C=O) groups excluding carboxylic acids is 2. The summed E-state index contributed by atoms with van der Waals surface area (Å²) < 4.78 is 11.3. The number of hydrogen-bond donors (Lipinski definition) is 0. The van der Waals surface area contributed by atoms with E-state index in [2.05, 4.69) is 0 Å². The van der Waals surface area contributed by atoms with Gasteiger partial charge >= 0.3 is 0 Å². The predicted octanol–water partition coefficient (Wildman–Crippen LogP) is 5.12. The molecule has 0 aliphatic rings. The zero-order chi connectivity index (χ0) is 22.9. The molecule has 5 heteroatoms. The molecule has 0 spiro atoms. The quantitative estimate of drug-likeness (QED) is 0.350. The van der Waals surface area contributed by atoms with Crippen LogP contribution in [0.3, 0.4) is 0 Å². The molecule has 0 aliphatic heterocycles. The van der Waals surface area contributed by atoms with Gasteiger partial charge in [0.05, 0.1) is 6.61 Å². The zero-order valence-corrected chi connectivity index (χ0v) is 18.6. The van der Waals surface area contributed by atoms with E-state index < -0.39 is 0 Å². The second-order valence-electron chi connectivity index (χ2n) is 7.36. The van der Waals surface area contributed by atoms with Crippen LogP contribution < -0.4 is 9.47 Å². The first-order valence-electron chi connectivity index (χ1n) is 10.5. The van der Waals surface area contributed by atoms with Crippen molar-refractivity contribution < 1.29 is 19.1 Å². The summed E-state index contributed by atoms with van der Waals surface area (Å²) in [6.07, 6.45) is 3.28. The highest BCUT2D eigenvalue weighted by atomic mass is 16.5. The van der Waals surface area contributed by atoms with Gasteiger partial charge in [0.25, 0.3) is 5.91 Å². The van der Waals surface area contributed by atoms with Crippen LogP contribution in [-0.2, 0) is 4.79 Å². The highest BCUT2D eigenvalue weighted by Crippen LogP contribution is 2.29. The molecule has 0 radical (unpaired) electrons. The summed E-state index contributed by atoms with van der Waals surface area (Å²) >= 11 is 0. The van der Waals surface area contributed by atoms with Crippen LogP contribution in [0.5, 0.6) is 11.5 Å². The Morgan fingerprint density at radius 1 is 0.844 bits per heavy atom. The SMILES string of the molecule is CCOc1cc(C=CC(=O)c2ccc(-c3ccccc3)cc2)ccc1OCC(=O)N(C)C. The first-order chi connectivity index (χ1) is 15.5. The van der Waals surface area contributed by atoms with Gasteiger partial charge in [0, 0.05) is 19.7 Å². The summed E-state index contributed by atoms with van der Waals surface area (Å²) in [6, 6.07) is 23.0. The number of benzene rings is 3. The normalized spacial score (nSPS) is 10.7. The van der Waals surface area contributed by atoms with Crippen molar-refractivity contribution >= 4 is 17.8 Å². The maximum absolute atomic E-state index is 12.6. The Labute approximate surface area is 188 Å². The Morgan fingerprint density at radius 3 is 2.19 bits per heavy atom. The standard InChI is InChI=1S/C27H27NO4/c1-4-31-26-18-20(11-17-25(26)32-19-27(30)28(2)3)10-16-24(29)23-14-12-22(13-15-23)21-8-6-5-7-9-21/h5-18H,4,19H2,1-3H3. The second kappa shape index (κ2) is 11.0. The van der Waals surface area contributed by atoms with Gasteiger partial charge in [0.1, 0.15) is 0 Å². The molecule has 32 heavy (non-hydrogen) atoms. The lowest BCUT2D eigenvalue weighted by atomic mass is 10.0. The molecule has 0 heterocycles. The first-order valence-corrected chi connectivity index (χ1v) is 10.5. The summed E-state index contributed by atoms with van der Waals surface area (Å²) in [5.74, 6) is 0.794. The summed E-state index contributed by atoms with van der Waals surface area (Å²) in [7, 11) is 3.35. The van der Waals surface area contributed by atoms with Gasteiger partial charge in [-0.05, 0) is 41.8 Å². The van der Waals surface area contributed by atoms with Crippen molar-refractivity contribution in [1.82, 2.24) is 4.90 Å². The first kappa shape index (κ1) is 22.8.